The standard InChI is InChI=1S/C18H19N3O4/c22-17(13-10-14(13)18(23)24)21-8-6-12(7-9-21)16-19-15(20-25-16)11-4-2-1-3-5-11/h1-5,12-14H,6-10H2,(H,23,24). The molecule has 7 nitrogen and oxygen atoms in total. The van der Waals surface area contributed by atoms with Gasteiger partial charge in [0, 0.05) is 24.6 Å². The van der Waals surface area contributed by atoms with E-state index >= 15 is 0 Å². The highest BCUT2D eigenvalue weighted by Crippen LogP contribution is 2.41. The van der Waals surface area contributed by atoms with Gasteiger partial charge in [0.1, 0.15) is 0 Å². The van der Waals surface area contributed by atoms with Gasteiger partial charge in [-0.3, -0.25) is 9.59 Å². The van der Waals surface area contributed by atoms with Gasteiger partial charge in [-0.05, 0) is 19.3 Å². The van der Waals surface area contributed by atoms with E-state index in [0.717, 1.165) is 18.4 Å². The van der Waals surface area contributed by atoms with Gasteiger partial charge < -0.3 is 14.5 Å². The van der Waals surface area contributed by atoms with Crippen LogP contribution in [-0.2, 0) is 9.59 Å². The van der Waals surface area contributed by atoms with E-state index < -0.39 is 11.9 Å². The zero-order valence-electron chi connectivity index (χ0n) is 13.7. The number of carbonyl (C=O) groups is 2. The highest BCUT2D eigenvalue weighted by Gasteiger charge is 2.50. The molecule has 2 aliphatic rings. The molecule has 0 bridgehead atoms. The molecule has 0 spiro atoms. The average molecular weight is 341 g/mol. The Balaban J connectivity index is 1.36. The van der Waals surface area contributed by atoms with Crippen molar-refractivity contribution in [3.05, 3.63) is 36.2 Å². The zero-order valence-corrected chi connectivity index (χ0v) is 13.7. The van der Waals surface area contributed by atoms with Crippen molar-refractivity contribution in [3.8, 4) is 11.4 Å². The highest BCUT2D eigenvalue weighted by atomic mass is 16.5. The molecule has 1 saturated heterocycles. The molecule has 1 aromatic heterocycles. The zero-order chi connectivity index (χ0) is 17.4. The number of hydrogen-bond acceptors (Lipinski definition) is 5. The number of likely N-dealkylation sites (tertiary alicyclic amines) is 1. The molecule has 1 aliphatic heterocycles. The Kier molecular flexibility index (Phi) is 3.99. The van der Waals surface area contributed by atoms with E-state index in [1.165, 1.54) is 0 Å². The molecule has 4 rings (SSSR count). The summed E-state index contributed by atoms with van der Waals surface area (Å²) < 4.78 is 5.42. The van der Waals surface area contributed by atoms with Gasteiger partial charge in [0.25, 0.3) is 0 Å². The maximum atomic E-state index is 12.3. The number of carboxylic acids is 1. The molecular weight excluding hydrogens is 322 g/mol. The molecule has 0 radical (unpaired) electrons. The van der Waals surface area contributed by atoms with E-state index in [1.54, 1.807) is 4.90 Å². The summed E-state index contributed by atoms with van der Waals surface area (Å²) in [4.78, 5) is 29.5. The summed E-state index contributed by atoms with van der Waals surface area (Å²) in [6, 6.07) is 9.66. The molecule has 1 saturated carbocycles. The van der Waals surface area contributed by atoms with Crippen molar-refractivity contribution in [2.45, 2.75) is 25.2 Å². The summed E-state index contributed by atoms with van der Waals surface area (Å²) in [6.45, 7) is 1.21. The normalized spacial score (nSPS) is 23.4. The molecule has 7 heteroatoms. The van der Waals surface area contributed by atoms with Crippen LogP contribution in [0.1, 0.15) is 31.1 Å². The third-order valence-corrected chi connectivity index (χ3v) is 5.05. The first-order valence-corrected chi connectivity index (χ1v) is 8.54. The molecule has 2 atom stereocenters. The molecule has 25 heavy (non-hydrogen) atoms. The Hall–Kier alpha value is -2.70. The number of piperidine rings is 1. The minimum absolute atomic E-state index is 0.0265. The number of hydrogen-bond donors (Lipinski definition) is 1. The quantitative estimate of drug-likeness (QED) is 0.915. The molecule has 2 aromatic rings. The summed E-state index contributed by atoms with van der Waals surface area (Å²) in [5.74, 6) is -0.383. The lowest BCUT2D eigenvalue weighted by molar-refractivity contribution is -0.142. The number of amides is 1. The van der Waals surface area contributed by atoms with Crippen molar-refractivity contribution in [2.24, 2.45) is 11.8 Å². The van der Waals surface area contributed by atoms with E-state index in [2.05, 4.69) is 10.1 Å². The van der Waals surface area contributed by atoms with E-state index in [9.17, 15) is 9.59 Å². The Morgan fingerprint density at radius 3 is 2.48 bits per heavy atom. The number of carbonyl (C=O) groups excluding carboxylic acids is 1. The summed E-state index contributed by atoms with van der Waals surface area (Å²) in [7, 11) is 0. The maximum Gasteiger partial charge on any atom is 0.307 e. The largest absolute Gasteiger partial charge is 0.481 e. The molecule has 2 unspecified atom stereocenters. The predicted molar refractivity (Wildman–Crippen MR) is 87.5 cm³/mol. The molecule has 1 amide bonds. The van der Waals surface area contributed by atoms with E-state index in [-0.39, 0.29) is 17.7 Å². The highest BCUT2D eigenvalue weighted by molar-refractivity contribution is 5.89. The summed E-state index contributed by atoms with van der Waals surface area (Å²) in [5.41, 5.74) is 0.915. The van der Waals surface area contributed by atoms with Crippen molar-refractivity contribution in [2.75, 3.05) is 13.1 Å². The number of aliphatic carboxylic acids is 1. The van der Waals surface area contributed by atoms with Crippen molar-refractivity contribution >= 4 is 11.9 Å². The molecule has 1 N–H and O–H groups in total. The molecule has 1 aromatic carbocycles. The van der Waals surface area contributed by atoms with Gasteiger partial charge in [-0.2, -0.15) is 4.98 Å². The Bertz CT molecular complexity index is 781. The fraction of sp³-hybridized carbons (Fsp3) is 0.444. The second-order valence-corrected chi connectivity index (χ2v) is 6.71. The maximum absolute atomic E-state index is 12.3. The van der Waals surface area contributed by atoms with Crippen LogP contribution in [0.5, 0.6) is 0 Å². The number of rotatable bonds is 4. The molecule has 2 fully saturated rings. The fourth-order valence-electron chi connectivity index (χ4n) is 3.43. The third-order valence-electron chi connectivity index (χ3n) is 5.05. The van der Waals surface area contributed by atoms with Crippen LogP contribution in [0.4, 0.5) is 0 Å². The van der Waals surface area contributed by atoms with Crippen LogP contribution in [0.3, 0.4) is 0 Å². The van der Waals surface area contributed by atoms with E-state index in [4.69, 9.17) is 9.63 Å². The molecule has 130 valence electrons. The van der Waals surface area contributed by atoms with Gasteiger partial charge in [-0.25, -0.2) is 0 Å². The monoisotopic (exact) mass is 341 g/mol. The SMILES string of the molecule is O=C(O)C1CC1C(=O)N1CCC(c2nc(-c3ccccc3)no2)CC1. The second kappa shape index (κ2) is 6.31. The van der Waals surface area contributed by atoms with Gasteiger partial charge in [0.05, 0.1) is 11.8 Å². The van der Waals surface area contributed by atoms with Gasteiger partial charge in [-0.15, -0.1) is 0 Å². The minimum atomic E-state index is -0.868. The van der Waals surface area contributed by atoms with Crippen LogP contribution in [0.15, 0.2) is 34.9 Å². The van der Waals surface area contributed by atoms with Gasteiger partial charge in [0.2, 0.25) is 17.6 Å². The Morgan fingerprint density at radius 2 is 1.84 bits per heavy atom. The fourth-order valence-corrected chi connectivity index (χ4v) is 3.43. The smallest absolute Gasteiger partial charge is 0.307 e. The lowest BCUT2D eigenvalue weighted by Crippen LogP contribution is -2.39. The van der Waals surface area contributed by atoms with Crippen LogP contribution in [0.25, 0.3) is 11.4 Å². The summed E-state index contributed by atoms with van der Waals surface area (Å²) in [6.07, 6.45) is 1.98. The second-order valence-electron chi connectivity index (χ2n) is 6.71. The number of aromatic nitrogens is 2. The third kappa shape index (κ3) is 3.14. The number of carboxylic acid groups (broad SMARTS) is 1. The van der Waals surface area contributed by atoms with Gasteiger partial charge in [0.15, 0.2) is 0 Å². The molecule has 2 heterocycles. The minimum Gasteiger partial charge on any atom is -0.481 e. The molecular formula is C18H19N3O4. The predicted octanol–water partition coefficient (Wildman–Crippen LogP) is 2.16. The van der Waals surface area contributed by atoms with Crippen molar-refractivity contribution in [1.29, 1.82) is 0 Å². The lowest BCUT2D eigenvalue weighted by Gasteiger charge is -2.30. The Morgan fingerprint density at radius 1 is 1.12 bits per heavy atom. The van der Waals surface area contributed by atoms with Crippen molar-refractivity contribution < 1.29 is 19.2 Å². The van der Waals surface area contributed by atoms with Crippen LogP contribution >= 0.6 is 0 Å². The van der Waals surface area contributed by atoms with Crippen LogP contribution in [-0.4, -0.2) is 45.1 Å². The van der Waals surface area contributed by atoms with Crippen molar-refractivity contribution in [1.82, 2.24) is 15.0 Å². The number of benzene rings is 1. The van der Waals surface area contributed by atoms with Crippen LogP contribution in [0, 0.1) is 11.8 Å². The van der Waals surface area contributed by atoms with Crippen molar-refractivity contribution in [3.63, 3.8) is 0 Å². The van der Waals surface area contributed by atoms with Crippen LogP contribution in [0.2, 0.25) is 0 Å². The first-order valence-electron chi connectivity index (χ1n) is 8.54. The summed E-state index contributed by atoms with van der Waals surface area (Å²) >= 11 is 0. The first kappa shape index (κ1) is 15.8. The van der Waals surface area contributed by atoms with Gasteiger partial charge >= 0.3 is 5.97 Å². The van der Waals surface area contributed by atoms with E-state index in [0.29, 0.717) is 31.2 Å². The molecule has 1 aliphatic carbocycles. The number of nitrogens with zero attached hydrogens (tertiary/aromatic N) is 3. The topological polar surface area (TPSA) is 96.5 Å². The average Bonchev–Trinajstić information content (AvgIpc) is 3.31. The Labute approximate surface area is 144 Å². The lowest BCUT2D eigenvalue weighted by atomic mass is 9.96. The van der Waals surface area contributed by atoms with Crippen LogP contribution < -0.4 is 0 Å². The van der Waals surface area contributed by atoms with E-state index in [1.807, 2.05) is 30.3 Å². The summed E-state index contributed by atoms with van der Waals surface area (Å²) in [5, 5.41) is 13.0. The van der Waals surface area contributed by atoms with Gasteiger partial charge in [-0.1, -0.05) is 35.5 Å². The first-order chi connectivity index (χ1) is 12.1.